The molecule has 3 heterocycles. The van der Waals surface area contributed by atoms with E-state index in [2.05, 4.69) is 31.0 Å². The van der Waals surface area contributed by atoms with E-state index in [1.165, 1.54) is 0 Å². The van der Waals surface area contributed by atoms with Gasteiger partial charge >= 0.3 is 0 Å². The molecule has 0 aliphatic carbocycles. The summed E-state index contributed by atoms with van der Waals surface area (Å²) < 4.78 is 18.0. The first kappa shape index (κ1) is 16.3. The third-order valence-corrected chi connectivity index (χ3v) is 5.65. The SMILES string of the molecule is [CH2][C@@H]1COc2c(ccc3nc(-c4cc(C)cc5cc(OC)cnc45)sc23)O1. The summed E-state index contributed by atoms with van der Waals surface area (Å²) in [5.41, 5.74) is 3.95. The quantitative estimate of drug-likeness (QED) is 0.502. The van der Waals surface area contributed by atoms with E-state index in [-0.39, 0.29) is 6.10 Å². The van der Waals surface area contributed by atoms with Crippen LogP contribution in [0.3, 0.4) is 0 Å². The molecule has 135 valence electrons. The molecule has 1 aliphatic rings. The zero-order valence-corrected chi connectivity index (χ0v) is 15.8. The largest absolute Gasteiger partial charge is 0.495 e. The monoisotopic (exact) mass is 377 g/mol. The smallest absolute Gasteiger partial charge is 0.180 e. The first-order chi connectivity index (χ1) is 13.1. The Morgan fingerprint density at radius 1 is 1.26 bits per heavy atom. The van der Waals surface area contributed by atoms with E-state index in [1.807, 2.05) is 18.2 Å². The fraction of sp³-hybridized carbons (Fsp3) is 0.190. The number of nitrogens with zero attached hydrogens (tertiary/aromatic N) is 2. The molecule has 27 heavy (non-hydrogen) atoms. The second kappa shape index (κ2) is 6.09. The molecule has 6 heteroatoms. The van der Waals surface area contributed by atoms with Gasteiger partial charge in [-0.1, -0.05) is 0 Å². The van der Waals surface area contributed by atoms with Gasteiger partial charge in [0.25, 0.3) is 0 Å². The summed E-state index contributed by atoms with van der Waals surface area (Å²) in [6.07, 6.45) is 1.55. The van der Waals surface area contributed by atoms with Gasteiger partial charge in [0.15, 0.2) is 11.5 Å². The molecule has 0 saturated heterocycles. The Morgan fingerprint density at radius 3 is 3.00 bits per heavy atom. The average molecular weight is 377 g/mol. The van der Waals surface area contributed by atoms with Crippen LogP contribution in [-0.4, -0.2) is 29.8 Å². The molecule has 0 N–H and O–H groups in total. The normalized spacial score (nSPS) is 16.0. The molecular weight excluding hydrogens is 360 g/mol. The Kier molecular flexibility index (Phi) is 3.68. The highest BCUT2D eigenvalue weighted by Gasteiger charge is 2.23. The van der Waals surface area contributed by atoms with Crippen molar-refractivity contribution in [1.82, 2.24) is 9.97 Å². The molecule has 0 spiro atoms. The Hall–Kier alpha value is -2.86. The van der Waals surface area contributed by atoms with Crippen LogP contribution in [0.25, 0.3) is 31.7 Å². The Labute approximate surface area is 160 Å². The van der Waals surface area contributed by atoms with Crippen LogP contribution in [0.15, 0.2) is 36.5 Å². The maximum atomic E-state index is 5.89. The van der Waals surface area contributed by atoms with E-state index < -0.39 is 0 Å². The van der Waals surface area contributed by atoms with Gasteiger partial charge in [-0.25, -0.2) is 4.98 Å². The third kappa shape index (κ3) is 2.68. The standard InChI is InChI=1S/C21H17N2O3S/c1-11-6-13-8-14(24-3)9-22-18(13)15(7-11)21-23-16-4-5-17-19(20(16)27-21)25-10-12(2)26-17/h4-9,12H,2,10H2,1,3H3/t12-/m1/s1. The number of hydrogen-bond donors (Lipinski definition) is 0. The van der Waals surface area contributed by atoms with Gasteiger partial charge in [0.1, 0.15) is 28.2 Å². The number of ether oxygens (including phenoxy) is 3. The highest BCUT2D eigenvalue weighted by Crippen LogP contribution is 2.44. The number of benzene rings is 2. The fourth-order valence-electron chi connectivity index (χ4n) is 3.34. The van der Waals surface area contributed by atoms with Crippen molar-refractivity contribution >= 4 is 32.5 Å². The highest BCUT2D eigenvalue weighted by molar-refractivity contribution is 7.22. The Balaban J connectivity index is 1.72. The molecular formula is C21H17N2O3S. The van der Waals surface area contributed by atoms with Gasteiger partial charge in [-0.05, 0) is 49.7 Å². The summed E-state index contributed by atoms with van der Waals surface area (Å²) in [4.78, 5) is 9.45. The lowest BCUT2D eigenvalue weighted by atomic mass is 10.1. The first-order valence-corrected chi connectivity index (χ1v) is 9.45. The zero-order chi connectivity index (χ0) is 18.5. The van der Waals surface area contributed by atoms with Gasteiger partial charge in [0, 0.05) is 10.9 Å². The molecule has 4 aromatic rings. The van der Waals surface area contributed by atoms with Gasteiger partial charge in [-0.3, -0.25) is 4.98 Å². The molecule has 0 bridgehead atoms. The summed E-state index contributed by atoms with van der Waals surface area (Å²) in [6, 6.07) is 10.1. The molecule has 5 rings (SSSR count). The lowest BCUT2D eigenvalue weighted by molar-refractivity contribution is 0.123. The molecule has 2 aromatic carbocycles. The van der Waals surface area contributed by atoms with Crippen LogP contribution in [0, 0.1) is 13.8 Å². The summed E-state index contributed by atoms with van der Waals surface area (Å²) >= 11 is 1.59. The van der Waals surface area contributed by atoms with Gasteiger partial charge in [-0.15, -0.1) is 11.3 Å². The van der Waals surface area contributed by atoms with Gasteiger partial charge in [0.2, 0.25) is 0 Å². The molecule has 1 atom stereocenters. The van der Waals surface area contributed by atoms with Crippen LogP contribution < -0.4 is 14.2 Å². The summed E-state index contributed by atoms with van der Waals surface area (Å²) in [7, 11) is 1.65. The molecule has 0 amide bonds. The predicted octanol–water partition coefficient (Wildman–Crippen LogP) is 4.80. The molecule has 0 unspecified atom stereocenters. The van der Waals surface area contributed by atoms with Crippen molar-refractivity contribution < 1.29 is 14.2 Å². The van der Waals surface area contributed by atoms with Crippen molar-refractivity contribution in [3.8, 4) is 27.8 Å². The number of thiazole rings is 1. The number of methoxy groups -OCH3 is 1. The van der Waals surface area contributed by atoms with Crippen molar-refractivity contribution in [3.63, 3.8) is 0 Å². The maximum absolute atomic E-state index is 5.89. The number of aryl methyl sites for hydroxylation is 1. The number of aromatic nitrogens is 2. The topological polar surface area (TPSA) is 53.5 Å². The van der Waals surface area contributed by atoms with Crippen LogP contribution in [0.2, 0.25) is 0 Å². The third-order valence-electron chi connectivity index (χ3n) is 4.55. The van der Waals surface area contributed by atoms with Gasteiger partial charge in [0.05, 0.1) is 24.3 Å². The predicted molar refractivity (Wildman–Crippen MR) is 107 cm³/mol. The number of rotatable bonds is 2. The summed E-state index contributed by atoms with van der Waals surface area (Å²) in [6.45, 7) is 6.42. The minimum absolute atomic E-state index is 0.192. The summed E-state index contributed by atoms with van der Waals surface area (Å²) in [5.74, 6) is 2.22. The highest BCUT2D eigenvalue weighted by atomic mass is 32.1. The van der Waals surface area contributed by atoms with Crippen LogP contribution in [0.5, 0.6) is 17.2 Å². The van der Waals surface area contributed by atoms with Crippen LogP contribution in [0.1, 0.15) is 5.56 Å². The average Bonchev–Trinajstić information content (AvgIpc) is 3.11. The van der Waals surface area contributed by atoms with Crippen molar-refractivity contribution in [1.29, 1.82) is 0 Å². The summed E-state index contributed by atoms with van der Waals surface area (Å²) in [5, 5.41) is 1.94. The maximum Gasteiger partial charge on any atom is 0.180 e. The molecule has 1 aliphatic heterocycles. The van der Waals surface area contributed by atoms with Crippen molar-refractivity contribution in [3.05, 3.63) is 49.0 Å². The molecule has 1 radical (unpaired) electrons. The van der Waals surface area contributed by atoms with E-state index >= 15 is 0 Å². The van der Waals surface area contributed by atoms with E-state index in [4.69, 9.17) is 19.2 Å². The number of hydrogen-bond acceptors (Lipinski definition) is 6. The van der Waals surface area contributed by atoms with E-state index in [9.17, 15) is 0 Å². The van der Waals surface area contributed by atoms with Crippen molar-refractivity contribution in [2.45, 2.75) is 13.0 Å². The van der Waals surface area contributed by atoms with Crippen molar-refractivity contribution in [2.75, 3.05) is 13.7 Å². The number of pyridine rings is 1. The molecule has 5 nitrogen and oxygen atoms in total. The lowest BCUT2D eigenvalue weighted by Gasteiger charge is -2.23. The molecule has 0 fully saturated rings. The van der Waals surface area contributed by atoms with E-state index in [0.717, 1.165) is 54.5 Å². The Morgan fingerprint density at radius 2 is 2.15 bits per heavy atom. The van der Waals surface area contributed by atoms with Crippen LogP contribution in [-0.2, 0) is 0 Å². The number of fused-ring (bicyclic) bond motifs is 4. The first-order valence-electron chi connectivity index (χ1n) is 8.63. The lowest BCUT2D eigenvalue weighted by Crippen LogP contribution is -2.25. The minimum atomic E-state index is -0.192. The second-order valence-corrected chi connectivity index (χ2v) is 7.57. The van der Waals surface area contributed by atoms with Crippen molar-refractivity contribution in [2.24, 2.45) is 0 Å². The minimum Gasteiger partial charge on any atom is -0.495 e. The second-order valence-electron chi connectivity index (χ2n) is 6.57. The zero-order valence-electron chi connectivity index (χ0n) is 15.0. The van der Waals surface area contributed by atoms with Gasteiger partial charge in [-0.2, -0.15) is 0 Å². The van der Waals surface area contributed by atoms with E-state index in [1.54, 1.807) is 24.6 Å². The van der Waals surface area contributed by atoms with Crippen LogP contribution >= 0.6 is 11.3 Å². The Bertz CT molecular complexity index is 1190. The van der Waals surface area contributed by atoms with Gasteiger partial charge < -0.3 is 14.2 Å². The van der Waals surface area contributed by atoms with Crippen LogP contribution in [0.4, 0.5) is 0 Å². The molecule has 0 saturated carbocycles. The fourth-order valence-corrected chi connectivity index (χ4v) is 4.41. The van der Waals surface area contributed by atoms with E-state index in [0.29, 0.717) is 6.61 Å². The molecule has 2 aromatic heterocycles.